The first-order valence-electron chi connectivity index (χ1n) is 5.45. The molecule has 4 N–H and O–H groups in total. The maximum atomic E-state index is 10.7. The Labute approximate surface area is 93.6 Å². The Morgan fingerprint density at radius 3 is 3.31 bits per heavy atom. The summed E-state index contributed by atoms with van der Waals surface area (Å²) in [6, 6.07) is 2.08. The predicted molar refractivity (Wildman–Crippen MR) is 57.6 cm³/mol. The molecule has 5 nitrogen and oxygen atoms in total. The highest BCUT2D eigenvalue weighted by Gasteiger charge is 2.23. The molecular formula is C11H16N2O3. The molecule has 0 spiro atoms. The van der Waals surface area contributed by atoms with E-state index in [1.165, 1.54) is 0 Å². The van der Waals surface area contributed by atoms with Gasteiger partial charge in [-0.1, -0.05) is 0 Å². The molecule has 1 aliphatic carbocycles. The van der Waals surface area contributed by atoms with Gasteiger partial charge in [-0.25, -0.2) is 0 Å². The van der Waals surface area contributed by atoms with Gasteiger partial charge in [0.1, 0.15) is 11.9 Å². The molecule has 0 aliphatic heterocycles. The minimum atomic E-state index is -1.13. The number of nitrogens with two attached hydrogens (primary N) is 1. The van der Waals surface area contributed by atoms with Crippen LogP contribution in [0.15, 0.2) is 16.7 Å². The van der Waals surface area contributed by atoms with Crippen molar-refractivity contribution in [2.45, 2.75) is 31.4 Å². The molecule has 2 rings (SSSR count). The summed E-state index contributed by atoms with van der Waals surface area (Å²) in [5.41, 5.74) is 6.11. The van der Waals surface area contributed by atoms with E-state index in [4.69, 9.17) is 10.2 Å². The molecule has 0 saturated heterocycles. The molecule has 0 aromatic carbocycles. The lowest BCUT2D eigenvalue weighted by atomic mass is 9.93. The lowest BCUT2D eigenvalue weighted by molar-refractivity contribution is -0.125. The topological polar surface area (TPSA) is 88.5 Å². The number of carbonyl (C=O) groups excluding carboxylic acids is 1. The molecule has 1 aliphatic rings. The number of amides is 1. The molecule has 1 aromatic rings. The smallest absolute Gasteiger partial charge is 0.247 e. The van der Waals surface area contributed by atoms with E-state index in [1.807, 2.05) is 6.07 Å². The highest BCUT2D eigenvalue weighted by Crippen LogP contribution is 2.30. The van der Waals surface area contributed by atoms with Gasteiger partial charge in [0.25, 0.3) is 0 Å². The number of aryl methyl sites for hydroxylation is 1. The van der Waals surface area contributed by atoms with Gasteiger partial charge in [0.2, 0.25) is 5.91 Å². The molecule has 0 fully saturated rings. The van der Waals surface area contributed by atoms with Crippen molar-refractivity contribution in [1.29, 1.82) is 0 Å². The van der Waals surface area contributed by atoms with Crippen LogP contribution in [0, 0.1) is 0 Å². The Balaban J connectivity index is 1.95. The van der Waals surface area contributed by atoms with Crippen molar-refractivity contribution in [3.63, 3.8) is 0 Å². The quantitative estimate of drug-likeness (QED) is 0.676. The second-order valence-corrected chi connectivity index (χ2v) is 4.07. The first-order valence-corrected chi connectivity index (χ1v) is 5.45. The monoisotopic (exact) mass is 224 g/mol. The zero-order chi connectivity index (χ0) is 11.5. The number of fused-ring (bicyclic) bond motifs is 1. The van der Waals surface area contributed by atoms with Gasteiger partial charge >= 0.3 is 0 Å². The second kappa shape index (κ2) is 4.67. The Hall–Kier alpha value is -1.33. The van der Waals surface area contributed by atoms with E-state index >= 15 is 0 Å². The summed E-state index contributed by atoms with van der Waals surface area (Å²) in [6.45, 7) is 0.185. The largest absolute Gasteiger partial charge is 0.469 e. The summed E-state index contributed by atoms with van der Waals surface area (Å²) >= 11 is 0. The Morgan fingerprint density at radius 1 is 1.75 bits per heavy atom. The zero-order valence-corrected chi connectivity index (χ0v) is 8.98. The van der Waals surface area contributed by atoms with Crippen molar-refractivity contribution in [3.05, 3.63) is 23.7 Å². The van der Waals surface area contributed by atoms with Crippen molar-refractivity contribution < 1.29 is 14.3 Å². The standard InChI is InChI=1S/C11H16N2O3/c12-11(15)9(14)6-13-8-2-1-3-10-7(8)4-5-16-10/h4-5,8-9,13-14H,1-3,6H2,(H2,12,15). The van der Waals surface area contributed by atoms with Crippen LogP contribution in [0.1, 0.15) is 30.2 Å². The van der Waals surface area contributed by atoms with E-state index in [-0.39, 0.29) is 12.6 Å². The van der Waals surface area contributed by atoms with E-state index < -0.39 is 12.0 Å². The van der Waals surface area contributed by atoms with E-state index in [1.54, 1.807) is 6.26 Å². The summed E-state index contributed by atoms with van der Waals surface area (Å²) < 4.78 is 5.35. The van der Waals surface area contributed by atoms with Crippen molar-refractivity contribution in [2.75, 3.05) is 6.54 Å². The fourth-order valence-corrected chi connectivity index (χ4v) is 2.05. The van der Waals surface area contributed by atoms with Gasteiger partial charge in [-0.3, -0.25) is 4.79 Å². The lowest BCUT2D eigenvalue weighted by Gasteiger charge is -2.23. The molecule has 5 heteroatoms. The lowest BCUT2D eigenvalue weighted by Crippen LogP contribution is -2.39. The average molecular weight is 224 g/mol. The maximum absolute atomic E-state index is 10.7. The number of hydrogen-bond acceptors (Lipinski definition) is 4. The highest BCUT2D eigenvalue weighted by molar-refractivity contribution is 5.78. The van der Waals surface area contributed by atoms with Gasteiger partial charge in [0.05, 0.1) is 6.26 Å². The fourth-order valence-electron chi connectivity index (χ4n) is 2.05. The molecule has 0 radical (unpaired) electrons. The number of furan rings is 1. The number of nitrogens with one attached hydrogen (secondary N) is 1. The Morgan fingerprint density at radius 2 is 2.56 bits per heavy atom. The summed E-state index contributed by atoms with van der Waals surface area (Å²) in [4.78, 5) is 10.7. The molecule has 2 atom stereocenters. The zero-order valence-electron chi connectivity index (χ0n) is 8.98. The number of aliphatic hydroxyl groups excluding tert-OH is 1. The molecule has 0 saturated carbocycles. The second-order valence-electron chi connectivity index (χ2n) is 4.07. The third-order valence-corrected chi connectivity index (χ3v) is 2.94. The van der Waals surface area contributed by atoms with Crippen LogP contribution in [0.4, 0.5) is 0 Å². The van der Waals surface area contributed by atoms with Crippen LogP contribution >= 0.6 is 0 Å². The summed E-state index contributed by atoms with van der Waals surface area (Å²) in [5, 5.41) is 12.4. The first-order chi connectivity index (χ1) is 7.68. The van der Waals surface area contributed by atoms with Crippen LogP contribution in [0.2, 0.25) is 0 Å². The van der Waals surface area contributed by atoms with Crippen LogP contribution in [0.25, 0.3) is 0 Å². The van der Waals surface area contributed by atoms with Gasteiger partial charge in [0, 0.05) is 24.6 Å². The van der Waals surface area contributed by atoms with E-state index in [0.29, 0.717) is 0 Å². The van der Waals surface area contributed by atoms with Crippen LogP contribution in [-0.4, -0.2) is 23.7 Å². The van der Waals surface area contributed by atoms with Crippen LogP contribution in [-0.2, 0) is 11.2 Å². The number of primary amides is 1. The molecule has 88 valence electrons. The first kappa shape index (κ1) is 11.2. The molecule has 16 heavy (non-hydrogen) atoms. The van der Waals surface area contributed by atoms with Gasteiger partial charge in [0.15, 0.2) is 0 Å². The summed E-state index contributed by atoms with van der Waals surface area (Å²) in [6.07, 6.45) is 3.54. The van der Waals surface area contributed by atoms with E-state index in [2.05, 4.69) is 5.32 Å². The SMILES string of the molecule is NC(=O)C(O)CNC1CCCc2occc21. The van der Waals surface area contributed by atoms with Crippen LogP contribution in [0.5, 0.6) is 0 Å². The molecule has 2 unspecified atom stereocenters. The summed E-state index contributed by atoms with van der Waals surface area (Å²) in [5.74, 6) is 0.299. The molecule has 1 heterocycles. The average Bonchev–Trinajstić information content (AvgIpc) is 2.73. The molecule has 1 amide bonds. The minimum Gasteiger partial charge on any atom is -0.469 e. The highest BCUT2D eigenvalue weighted by atomic mass is 16.3. The summed E-state index contributed by atoms with van der Waals surface area (Å²) in [7, 11) is 0. The van der Waals surface area contributed by atoms with Crippen LogP contribution < -0.4 is 11.1 Å². The number of hydrogen-bond donors (Lipinski definition) is 3. The predicted octanol–water partition coefficient (Wildman–Crippen LogP) is 0.0928. The molecule has 0 bridgehead atoms. The molecule has 1 aromatic heterocycles. The fraction of sp³-hybridized carbons (Fsp3) is 0.545. The minimum absolute atomic E-state index is 0.150. The van der Waals surface area contributed by atoms with Gasteiger partial charge in [-0.2, -0.15) is 0 Å². The van der Waals surface area contributed by atoms with E-state index in [9.17, 15) is 9.90 Å². The number of aliphatic hydroxyl groups is 1. The van der Waals surface area contributed by atoms with Gasteiger partial charge in [-0.05, 0) is 18.9 Å². The normalized spacial score (nSPS) is 21.4. The third kappa shape index (κ3) is 2.25. The maximum Gasteiger partial charge on any atom is 0.247 e. The number of rotatable bonds is 4. The van der Waals surface area contributed by atoms with Crippen molar-refractivity contribution in [3.8, 4) is 0 Å². The number of carbonyl (C=O) groups is 1. The van der Waals surface area contributed by atoms with Crippen molar-refractivity contribution in [1.82, 2.24) is 5.32 Å². The Bertz CT molecular complexity index is 375. The van der Waals surface area contributed by atoms with E-state index in [0.717, 1.165) is 30.6 Å². The van der Waals surface area contributed by atoms with Crippen LogP contribution in [0.3, 0.4) is 0 Å². The molecular weight excluding hydrogens is 208 g/mol. The van der Waals surface area contributed by atoms with Gasteiger partial charge in [-0.15, -0.1) is 0 Å². The van der Waals surface area contributed by atoms with Crippen molar-refractivity contribution >= 4 is 5.91 Å². The third-order valence-electron chi connectivity index (χ3n) is 2.94. The van der Waals surface area contributed by atoms with Gasteiger partial charge < -0.3 is 20.6 Å². The van der Waals surface area contributed by atoms with Crippen molar-refractivity contribution in [2.24, 2.45) is 5.73 Å². The Kier molecular flexibility index (Phi) is 3.26.